The first-order valence-corrected chi connectivity index (χ1v) is 12.3. The number of anilines is 1. The first-order valence-electron chi connectivity index (χ1n) is 10.5. The van der Waals surface area contributed by atoms with Crippen molar-refractivity contribution in [2.24, 2.45) is 0 Å². The molecule has 4 aromatic rings. The second kappa shape index (κ2) is 9.77. The van der Waals surface area contributed by atoms with E-state index in [1.807, 2.05) is 6.07 Å². The van der Waals surface area contributed by atoms with Gasteiger partial charge in [0.15, 0.2) is 4.34 Å². The van der Waals surface area contributed by atoms with Crippen LogP contribution in [0.15, 0.2) is 89.0 Å². The molecular formula is C25H17FN4O3S2. The Kier molecular flexibility index (Phi) is 6.39. The lowest BCUT2D eigenvalue weighted by Gasteiger charge is -2.22. The average Bonchev–Trinajstić information content (AvgIpc) is 3.46. The summed E-state index contributed by atoms with van der Waals surface area (Å²) < 4.78 is 14.5. The smallest absolute Gasteiger partial charge is 0.301 e. The van der Waals surface area contributed by atoms with Crippen LogP contribution in [0.3, 0.4) is 0 Å². The number of thioether (sulfide) groups is 1. The molecule has 0 bridgehead atoms. The molecule has 1 N–H and O–H groups in total. The van der Waals surface area contributed by atoms with Gasteiger partial charge in [-0.3, -0.25) is 19.5 Å². The number of aliphatic hydroxyl groups is 1. The number of ketones is 1. The summed E-state index contributed by atoms with van der Waals surface area (Å²) in [5.74, 6) is -1.89. The molecule has 2 aromatic carbocycles. The minimum absolute atomic E-state index is 0.0387. The SMILES string of the molecule is O=C1C(=O)N(c2nnc(SCc3ccccc3F)s2)C(c2ccccc2)C1=C(O)c1ccncc1. The van der Waals surface area contributed by atoms with Crippen molar-refractivity contribution >= 4 is 45.7 Å². The highest BCUT2D eigenvalue weighted by Crippen LogP contribution is 2.43. The standard InChI is InChI=1S/C25H17FN4O3S2/c26-18-9-5-4-8-17(18)14-34-25-29-28-24(35-25)30-20(15-6-2-1-3-7-15)19(22(32)23(30)33)21(31)16-10-12-27-13-11-16/h1-13,20,31H,14H2. The molecule has 3 heterocycles. The van der Waals surface area contributed by atoms with Crippen LogP contribution >= 0.6 is 23.1 Å². The van der Waals surface area contributed by atoms with Gasteiger partial charge >= 0.3 is 5.91 Å². The summed E-state index contributed by atoms with van der Waals surface area (Å²) in [4.78, 5) is 31.5. The van der Waals surface area contributed by atoms with Crippen LogP contribution in [0.25, 0.3) is 5.76 Å². The van der Waals surface area contributed by atoms with Crippen molar-refractivity contribution in [3.8, 4) is 0 Å². The predicted octanol–water partition coefficient (Wildman–Crippen LogP) is 4.99. The number of halogens is 1. The van der Waals surface area contributed by atoms with Crippen molar-refractivity contribution in [3.63, 3.8) is 0 Å². The van der Waals surface area contributed by atoms with E-state index < -0.39 is 17.7 Å². The summed E-state index contributed by atoms with van der Waals surface area (Å²) in [6, 6.07) is 17.7. The van der Waals surface area contributed by atoms with Crippen LogP contribution in [-0.2, 0) is 15.3 Å². The number of nitrogens with zero attached hydrogens (tertiary/aromatic N) is 4. The van der Waals surface area contributed by atoms with Crippen molar-refractivity contribution in [1.82, 2.24) is 15.2 Å². The van der Waals surface area contributed by atoms with Gasteiger partial charge in [-0.25, -0.2) is 4.39 Å². The van der Waals surface area contributed by atoms with Gasteiger partial charge in [-0.1, -0.05) is 71.6 Å². The second-order valence-corrected chi connectivity index (χ2v) is 9.72. The predicted molar refractivity (Wildman–Crippen MR) is 131 cm³/mol. The maximum absolute atomic E-state index is 14.0. The highest BCUT2D eigenvalue weighted by Gasteiger charge is 2.48. The number of aromatic nitrogens is 3. The number of rotatable bonds is 6. The fourth-order valence-corrected chi connectivity index (χ4v) is 5.61. The minimum atomic E-state index is -0.887. The molecule has 0 saturated carbocycles. The van der Waals surface area contributed by atoms with E-state index in [2.05, 4.69) is 15.2 Å². The number of pyridine rings is 1. The molecule has 2 aromatic heterocycles. The number of hydrogen-bond donors (Lipinski definition) is 1. The fourth-order valence-electron chi connectivity index (χ4n) is 3.76. The van der Waals surface area contributed by atoms with Crippen molar-refractivity contribution in [2.75, 3.05) is 4.90 Å². The highest BCUT2D eigenvalue weighted by atomic mass is 32.2. The third-order valence-corrected chi connectivity index (χ3v) is 7.53. The zero-order valence-electron chi connectivity index (χ0n) is 18.0. The zero-order valence-corrected chi connectivity index (χ0v) is 19.7. The third kappa shape index (κ3) is 4.45. The number of benzene rings is 2. The van der Waals surface area contributed by atoms with Crippen molar-refractivity contribution in [2.45, 2.75) is 16.1 Å². The third-order valence-electron chi connectivity index (χ3n) is 5.42. The van der Waals surface area contributed by atoms with Crippen LogP contribution in [0, 0.1) is 5.82 Å². The summed E-state index contributed by atoms with van der Waals surface area (Å²) in [5.41, 5.74) is 1.50. The summed E-state index contributed by atoms with van der Waals surface area (Å²) in [5, 5.41) is 19.5. The molecule has 35 heavy (non-hydrogen) atoms. The van der Waals surface area contributed by atoms with E-state index >= 15 is 0 Å². The van der Waals surface area contributed by atoms with Crippen LogP contribution in [-0.4, -0.2) is 32.0 Å². The Morgan fingerprint density at radius 2 is 1.71 bits per heavy atom. The monoisotopic (exact) mass is 504 g/mol. The fraction of sp³-hybridized carbons (Fsp3) is 0.0800. The van der Waals surface area contributed by atoms with Crippen LogP contribution in [0.1, 0.15) is 22.7 Å². The molecule has 1 atom stereocenters. The Hall–Kier alpha value is -3.89. The molecule has 1 fully saturated rings. The Morgan fingerprint density at radius 3 is 2.46 bits per heavy atom. The number of Topliss-reactive ketones (excluding diaryl/α,β-unsaturated/α-hetero) is 1. The molecule has 1 saturated heterocycles. The first kappa shape index (κ1) is 22.9. The van der Waals surface area contributed by atoms with Gasteiger partial charge in [0.05, 0.1) is 11.6 Å². The van der Waals surface area contributed by atoms with E-state index in [1.54, 1.807) is 54.6 Å². The lowest BCUT2D eigenvalue weighted by atomic mass is 9.96. The molecule has 7 nitrogen and oxygen atoms in total. The van der Waals surface area contributed by atoms with Crippen LogP contribution in [0.5, 0.6) is 0 Å². The summed E-state index contributed by atoms with van der Waals surface area (Å²) in [7, 11) is 0. The summed E-state index contributed by atoms with van der Waals surface area (Å²) in [6.45, 7) is 0. The molecular weight excluding hydrogens is 487 g/mol. The van der Waals surface area contributed by atoms with Gasteiger partial charge in [-0.15, -0.1) is 10.2 Å². The first-order chi connectivity index (χ1) is 17.0. The van der Waals surface area contributed by atoms with Gasteiger partial charge in [0.1, 0.15) is 11.6 Å². The van der Waals surface area contributed by atoms with Gasteiger partial charge in [0.2, 0.25) is 5.13 Å². The Morgan fingerprint density at radius 1 is 1.00 bits per heavy atom. The molecule has 5 rings (SSSR count). The number of aliphatic hydroxyl groups excluding tert-OH is 1. The minimum Gasteiger partial charge on any atom is -0.507 e. The lowest BCUT2D eigenvalue weighted by molar-refractivity contribution is -0.132. The van der Waals surface area contributed by atoms with E-state index in [0.717, 1.165) is 11.3 Å². The van der Waals surface area contributed by atoms with Gasteiger partial charge < -0.3 is 5.11 Å². The normalized spacial score (nSPS) is 17.2. The summed E-state index contributed by atoms with van der Waals surface area (Å²) in [6.07, 6.45) is 2.99. The maximum atomic E-state index is 14.0. The largest absolute Gasteiger partial charge is 0.507 e. The topological polar surface area (TPSA) is 96.3 Å². The molecule has 1 aliphatic rings. The van der Waals surface area contributed by atoms with E-state index in [9.17, 15) is 19.1 Å². The zero-order chi connectivity index (χ0) is 24.4. The number of amides is 1. The van der Waals surface area contributed by atoms with Crippen molar-refractivity contribution in [1.29, 1.82) is 0 Å². The average molecular weight is 505 g/mol. The van der Waals surface area contributed by atoms with E-state index in [4.69, 9.17) is 0 Å². The van der Waals surface area contributed by atoms with Crippen LogP contribution in [0.4, 0.5) is 9.52 Å². The Balaban J connectivity index is 1.52. The highest BCUT2D eigenvalue weighted by molar-refractivity contribution is 8.00. The van der Waals surface area contributed by atoms with Gasteiger partial charge in [-0.2, -0.15) is 0 Å². The van der Waals surface area contributed by atoms with Crippen LogP contribution in [0.2, 0.25) is 0 Å². The quantitative estimate of drug-likeness (QED) is 0.130. The molecule has 1 amide bonds. The number of carbonyl (C=O) groups excluding carboxylic acids is 2. The van der Waals surface area contributed by atoms with E-state index in [1.165, 1.54) is 35.1 Å². The molecule has 1 unspecified atom stereocenters. The molecule has 10 heteroatoms. The Bertz CT molecular complexity index is 1430. The Labute approximate surface area is 208 Å². The molecule has 0 radical (unpaired) electrons. The lowest BCUT2D eigenvalue weighted by Crippen LogP contribution is -2.29. The van der Waals surface area contributed by atoms with Gasteiger partial charge in [0.25, 0.3) is 5.78 Å². The number of hydrogen-bond acceptors (Lipinski definition) is 8. The van der Waals surface area contributed by atoms with Crippen LogP contribution < -0.4 is 4.90 Å². The maximum Gasteiger partial charge on any atom is 0.301 e. The number of carbonyl (C=O) groups is 2. The van der Waals surface area contributed by atoms with E-state index in [0.29, 0.717) is 26.8 Å². The van der Waals surface area contributed by atoms with Gasteiger partial charge in [-0.05, 0) is 29.3 Å². The molecule has 0 spiro atoms. The van der Waals surface area contributed by atoms with E-state index in [-0.39, 0.29) is 22.3 Å². The molecule has 1 aliphatic heterocycles. The van der Waals surface area contributed by atoms with Crippen molar-refractivity contribution in [3.05, 3.63) is 107 Å². The molecule has 0 aliphatic carbocycles. The second-order valence-electron chi connectivity index (χ2n) is 7.55. The van der Waals surface area contributed by atoms with Gasteiger partial charge in [0, 0.05) is 23.7 Å². The summed E-state index contributed by atoms with van der Waals surface area (Å²) >= 11 is 2.41. The van der Waals surface area contributed by atoms with Crippen molar-refractivity contribution < 1.29 is 19.1 Å². The molecule has 174 valence electrons.